The van der Waals surface area contributed by atoms with Crippen molar-refractivity contribution in [3.8, 4) is 0 Å². The summed E-state index contributed by atoms with van der Waals surface area (Å²) in [6.45, 7) is 6.49. The molecule has 0 unspecified atom stereocenters. The fourth-order valence-corrected chi connectivity index (χ4v) is 3.15. The Morgan fingerprint density at radius 1 is 1.16 bits per heavy atom. The minimum Gasteiger partial charge on any atom is -0.374 e. The highest BCUT2D eigenvalue weighted by atomic mass is 32.2. The van der Waals surface area contributed by atoms with Gasteiger partial charge in [0, 0.05) is 0 Å². The Hall–Kier alpha value is -1.25. The zero-order valence-corrected chi connectivity index (χ0v) is 16.0. The second-order valence-corrected chi connectivity index (χ2v) is 8.85. The van der Waals surface area contributed by atoms with E-state index in [9.17, 15) is 8.42 Å². The van der Waals surface area contributed by atoms with Gasteiger partial charge < -0.3 is 14.2 Å². The summed E-state index contributed by atoms with van der Waals surface area (Å²) < 4.78 is 43.2. The Labute approximate surface area is 150 Å². The van der Waals surface area contributed by atoms with E-state index < -0.39 is 28.5 Å². The lowest BCUT2D eigenvalue weighted by molar-refractivity contribution is -0.207. The zero-order chi connectivity index (χ0) is 18.5. The molecule has 3 atom stereocenters. The maximum absolute atomic E-state index is 11.6. The van der Waals surface area contributed by atoms with E-state index in [2.05, 4.69) is 4.72 Å². The molecule has 7 heteroatoms. The van der Waals surface area contributed by atoms with Gasteiger partial charge in [-0.2, -0.15) is 0 Å². The summed E-state index contributed by atoms with van der Waals surface area (Å²) in [6, 6.07) is 9.28. The minimum atomic E-state index is -3.36. The lowest BCUT2D eigenvalue weighted by atomic mass is 10.1. The van der Waals surface area contributed by atoms with Crippen LogP contribution in [0.4, 0.5) is 0 Å². The SMILES string of the molecule is CC(C)(C)O[C@@H]1C=C[C@H](NS(C)(=O)=O)[C@@H](COCc2ccccc2)O1. The molecule has 25 heavy (non-hydrogen) atoms. The van der Waals surface area contributed by atoms with Crippen molar-refractivity contribution in [1.29, 1.82) is 0 Å². The Balaban J connectivity index is 1.99. The molecule has 0 fully saturated rings. The van der Waals surface area contributed by atoms with Crippen LogP contribution in [0.25, 0.3) is 0 Å². The first-order chi connectivity index (χ1) is 11.6. The molecule has 0 aromatic heterocycles. The maximum atomic E-state index is 11.6. The highest BCUT2D eigenvalue weighted by Crippen LogP contribution is 2.20. The number of nitrogens with one attached hydrogen (secondary N) is 1. The van der Waals surface area contributed by atoms with Crippen LogP contribution in [0.5, 0.6) is 0 Å². The molecule has 1 aromatic rings. The van der Waals surface area contributed by atoms with Crippen molar-refractivity contribution in [2.24, 2.45) is 0 Å². The normalized spacial score (nSPS) is 24.4. The summed E-state index contributed by atoms with van der Waals surface area (Å²) in [7, 11) is -3.36. The van der Waals surface area contributed by atoms with Crippen molar-refractivity contribution < 1.29 is 22.6 Å². The van der Waals surface area contributed by atoms with Gasteiger partial charge in [-0.1, -0.05) is 36.4 Å². The number of benzene rings is 1. The van der Waals surface area contributed by atoms with Gasteiger partial charge in [0.1, 0.15) is 6.10 Å². The molecular formula is C18H27NO5S. The monoisotopic (exact) mass is 369 g/mol. The Bertz CT molecular complexity index is 666. The Morgan fingerprint density at radius 3 is 2.44 bits per heavy atom. The molecular weight excluding hydrogens is 342 g/mol. The third-order valence-corrected chi connectivity index (χ3v) is 4.10. The Kier molecular flexibility index (Phi) is 6.76. The molecule has 0 spiro atoms. The van der Waals surface area contributed by atoms with Crippen molar-refractivity contribution >= 4 is 10.0 Å². The average molecular weight is 369 g/mol. The van der Waals surface area contributed by atoms with Crippen LogP contribution in [-0.4, -0.2) is 45.3 Å². The predicted molar refractivity (Wildman–Crippen MR) is 96.5 cm³/mol. The van der Waals surface area contributed by atoms with Crippen LogP contribution < -0.4 is 4.72 Å². The molecule has 0 saturated heterocycles. The van der Waals surface area contributed by atoms with E-state index in [1.165, 1.54) is 0 Å². The van der Waals surface area contributed by atoms with Crippen LogP contribution in [0, 0.1) is 0 Å². The fraction of sp³-hybridized carbons (Fsp3) is 0.556. The number of hydrogen-bond acceptors (Lipinski definition) is 5. The molecule has 0 bridgehead atoms. The van der Waals surface area contributed by atoms with Crippen LogP contribution in [0.2, 0.25) is 0 Å². The first-order valence-corrected chi connectivity index (χ1v) is 10.1. The topological polar surface area (TPSA) is 73.9 Å². The van der Waals surface area contributed by atoms with E-state index in [1.807, 2.05) is 51.1 Å². The lowest BCUT2D eigenvalue weighted by Gasteiger charge is -2.35. The van der Waals surface area contributed by atoms with Gasteiger partial charge >= 0.3 is 0 Å². The second kappa shape index (κ2) is 8.42. The van der Waals surface area contributed by atoms with Crippen LogP contribution in [0.15, 0.2) is 42.5 Å². The van der Waals surface area contributed by atoms with E-state index in [4.69, 9.17) is 14.2 Å². The molecule has 0 aliphatic carbocycles. The van der Waals surface area contributed by atoms with Crippen LogP contribution in [-0.2, 0) is 30.8 Å². The third kappa shape index (κ3) is 7.66. The van der Waals surface area contributed by atoms with Gasteiger partial charge in [0.05, 0.1) is 31.1 Å². The molecule has 1 N–H and O–H groups in total. The molecule has 1 aromatic carbocycles. The van der Waals surface area contributed by atoms with E-state index in [1.54, 1.807) is 12.2 Å². The van der Waals surface area contributed by atoms with Crippen molar-refractivity contribution in [3.05, 3.63) is 48.0 Å². The van der Waals surface area contributed by atoms with Crippen molar-refractivity contribution in [1.82, 2.24) is 4.72 Å². The molecule has 6 nitrogen and oxygen atoms in total. The van der Waals surface area contributed by atoms with Gasteiger partial charge in [-0.25, -0.2) is 13.1 Å². The second-order valence-electron chi connectivity index (χ2n) is 7.07. The summed E-state index contributed by atoms with van der Waals surface area (Å²) in [6.07, 6.45) is 3.60. The average Bonchev–Trinajstić information content (AvgIpc) is 2.48. The predicted octanol–water partition coefficient (Wildman–Crippen LogP) is 2.22. The van der Waals surface area contributed by atoms with Crippen molar-refractivity contribution in [3.63, 3.8) is 0 Å². The van der Waals surface area contributed by atoms with E-state index in [0.29, 0.717) is 6.61 Å². The summed E-state index contributed by atoms with van der Waals surface area (Å²) in [5.41, 5.74) is 0.672. The minimum absolute atomic E-state index is 0.246. The summed E-state index contributed by atoms with van der Waals surface area (Å²) >= 11 is 0. The number of sulfonamides is 1. The van der Waals surface area contributed by atoms with Gasteiger partial charge in [-0.15, -0.1) is 0 Å². The van der Waals surface area contributed by atoms with Gasteiger partial charge in [0.15, 0.2) is 6.29 Å². The molecule has 1 aliphatic rings. The Morgan fingerprint density at radius 2 is 1.84 bits per heavy atom. The number of ether oxygens (including phenoxy) is 3. The van der Waals surface area contributed by atoms with Crippen molar-refractivity contribution in [2.75, 3.05) is 12.9 Å². The molecule has 1 aliphatic heterocycles. The standard InChI is InChI=1S/C18H27NO5S/c1-18(2,3)24-17-11-10-15(19-25(4,20)21)16(23-17)13-22-12-14-8-6-5-7-9-14/h5-11,15-17,19H,12-13H2,1-4H3/t15-,16+,17+/m0/s1. The highest BCUT2D eigenvalue weighted by molar-refractivity contribution is 7.88. The first-order valence-electron chi connectivity index (χ1n) is 8.23. The maximum Gasteiger partial charge on any atom is 0.209 e. The molecule has 0 saturated carbocycles. The largest absolute Gasteiger partial charge is 0.374 e. The molecule has 1 heterocycles. The van der Waals surface area contributed by atoms with Crippen LogP contribution >= 0.6 is 0 Å². The van der Waals surface area contributed by atoms with Crippen LogP contribution in [0.3, 0.4) is 0 Å². The summed E-state index contributed by atoms with van der Waals surface area (Å²) in [5, 5.41) is 0. The van der Waals surface area contributed by atoms with Gasteiger partial charge in [-0.3, -0.25) is 0 Å². The molecule has 0 amide bonds. The number of rotatable bonds is 7. The molecule has 140 valence electrons. The number of hydrogen-bond donors (Lipinski definition) is 1. The fourth-order valence-electron chi connectivity index (χ4n) is 2.42. The quantitative estimate of drug-likeness (QED) is 0.746. The van der Waals surface area contributed by atoms with E-state index in [0.717, 1.165) is 11.8 Å². The highest BCUT2D eigenvalue weighted by Gasteiger charge is 2.31. The molecule has 2 rings (SSSR count). The van der Waals surface area contributed by atoms with E-state index >= 15 is 0 Å². The van der Waals surface area contributed by atoms with Gasteiger partial charge in [0.2, 0.25) is 10.0 Å². The first kappa shape index (κ1) is 20.1. The summed E-state index contributed by atoms with van der Waals surface area (Å²) in [4.78, 5) is 0. The smallest absolute Gasteiger partial charge is 0.209 e. The molecule has 0 radical (unpaired) electrons. The zero-order valence-electron chi connectivity index (χ0n) is 15.1. The third-order valence-electron chi connectivity index (χ3n) is 3.40. The summed E-state index contributed by atoms with van der Waals surface area (Å²) in [5.74, 6) is 0. The van der Waals surface area contributed by atoms with E-state index in [-0.39, 0.29) is 12.2 Å². The van der Waals surface area contributed by atoms with Gasteiger partial charge in [0.25, 0.3) is 0 Å². The van der Waals surface area contributed by atoms with Crippen molar-refractivity contribution in [2.45, 2.75) is 51.4 Å². The lowest BCUT2D eigenvalue weighted by Crippen LogP contribution is -2.49. The van der Waals surface area contributed by atoms with Gasteiger partial charge in [-0.05, 0) is 32.4 Å². The van der Waals surface area contributed by atoms with Crippen LogP contribution in [0.1, 0.15) is 26.3 Å².